The van der Waals surface area contributed by atoms with E-state index >= 15 is 0 Å². The molecule has 0 spiro atoms. The maximum Gasteiger partial charge on any atom is 0.192 e. The molecular formula is C23H41IO3Si. The number of methoxy groups -OCH3 is 1. The first-order valence-corrected chi connectivity index (χ1v) is 14.8. The summed E-state index contributed by atoms with van der Waals surface area (Å²) < 4.78 is 19.3. The molecule has 0 aliphatic carbocycles. The molecule has 0 fully saturated rings. The van der Waals surface area contributed by atoms with Crippen LogP contribution in [0.2, 0.25) is 18.1 Å². The third-order valence-electron chi connectivity index (χ3n) is 6.19. The molecule has 162 valence electrons. The first-order valence-electron chi connectivity index (χ1n) is 10.4. The summed E-state index contributed by atoms with van der Waals surface area (Å²) >= 11 is 2.47. The maximum atomic E-state index is 6.63. The fourth-order valence-electron chi connectivity index (χ4n) is 2.80. The SMILES string of the molecule is COc1ccc(CO[C@@H](C[C@H](C)[C@H](C)O[Si](C)(C)C(C)(C)C)[C@H](C)CI)cc1. The average Bonchev–Trinajstić information content (AvgIpc) is 2.63. The van der Waals surface area contributed by atoms with Gasteiger partial charge in [0.25, 0.3) is 0 Å². The third-order valence-corrected chi connectivity index (χ3v) is 12.2. The Balaban J connectivity index is 2.71. The molecule has 1 aromatic rings. The molecule has 0 bridgehead atoms. The van der Waals surface area contributed by atoms with Gasteiger partial charge in [0.05, 0.1) is 19.8 Å². The molecule has 0 heterocycles. The minimum atomic E-state index is -1.75. The standard InChI is InChI=1S/C23H41IO3Si/c1-17(19(3)27-28(8,9)23(4,5)6)14-22(18(2)15-24)26-16-20-10-12-21(25-7)13-11-20/h10-13,17-19,22H,14-16H2,1-9H3/t17-,18+,19-,22-/m0/s1. The van der Waals surface area contributed by atoms with Gasteiger partial charge in [0.2, 0.25) is 0 Å². The zero-order chi connectivity index (χ0) is 21.5. The topological polar surface area (TPSA) is 27.7 Å². The van der Waals surface area contributed by atoms with Crippen molar-refractivity contribution in [3.8, 4) is 5.75 Å². The van der Waals surface area contributed by atoms with Crippen LogP contribution in [0.1, 0.15) is 53.5 Å². The van der Waals surface area contributed by atoms with Gasteiger partial charge in [0, 0.05) is 10.5 Å². The van der Waals surface area contributed by atoms with Crippen LogP contribution in [-0.4, -0.2) is 32.1 Å². The second kappa shape index (κ2) is 11.3. The van der Waals surface area contributed by atoms with Crippen molar-refractivity contribution in [1.29, 1.82) is 0 Å². The van der Waals surface area contributed by atoms with Gasteiger partial charge in [-0.25, -0.2) is 0 Å². The Labute approximate surface area is 188 Å². The summed E-state index contributed by atoms with van der Waals surface area (Å²) in [5.41, 5.74) is 1.18. The molecule has 0 amide bonds. The maximum absolute atomic E-state index is 6.63. The van der Waals surface area contributed by atoms with Gasteiger partial charge in [0.1, 0.15) is 5.75 Å². The van der Waals surface area contributed by atoms with Crippen LogP contribution in [0.4, 0.5) is 0 Å². The summed E-state index contributed by atoms with van der Waals surface area (Å²) in [7, 11) is -0.0592. The summed E-state index contributed by atoms with van der Waals surface area (Å²) in [6.45, 7) is 19.0. The summed E-state index contributed by atoms with van der Waals surface area (Å²) in [4.78, 5) is 0. The van der Waals surface area contributed by atoms with Crippen LogP contribution in [0.5, 0.6) is 5.75 Å². The first-order chi connectivity index (χ1) is 12.9. The molecule has 1 rings (SSSR count). The number of ether oxygens (including phenoxy) is 2. The minimum absolute atomic E-state index is 0.236. The van der Waals surface area contributed by atoms with E-state index in [0.717, 1.165) is 16.6 Å². The highest BCUT2D eigenvalue weighted by atomic mass is 127. The summed E-state index contributed by atoms with van der Waals surface area (Å²) in [5.74, 6) is 1.85. The molecule has 1 aromatic carbocycles. The van der Waals surface area contributed by atoms with E-state index in [1.807, 2.05) is 12.1 Å². The van der Waals surface area contributed by atoms with E-state index in [9.17, 15) is 0 Å². The van der Waals surface area contributed by atoms with Crippen molar-refractivity contribution in [1.82, 2.24) is 0 Å². The Bertz CT molecular complexity index is 568. The number of benzene rings is 1. The van der Waals surface area contributed by atoms with Gasteiger partial charge >= 0.3 is 0 Å². The van der Waals surface area contributed by atoms with Crippen LogP contribution in [0.3, 0.4) is 0 Å². The van der Waals surface area contributed by atoms with Gasteiger partial charge in [-0.15, -0.1) is 0 Å². The Kier molecular flexibility index (Phi) is 10.5. The molecular weight excluding hydrogens is 479 g/mol. The molecule has 0 aromatic heterocycles. The fraction of sp³-hybridized carbons (Fsp3) is 0.739. The lowest BCUT2D eigenvalue weighted by Crippen LogP contribution is -2.45. The van der Waals surface area contributed by atoms with Gasteiger partial charge in [0.15, 0.2) is 8.32 Å². The fourth-order valence-corrected chi connectivity index (χ4v) is 4.89. The molecule has 0 aliphatic heterocycles. The average molecular weight is 521 g/mol. The molecule has 5 heteroatoms. The summed E-state index contributed by atoms with van der Waals surface area (Å²) in [5, 5.41) is 0.237. The van der Waals surface area contributed by atoms with Gasteiger partial charge in [-0.1, -0.05) is 69.3 Å². The van der Waals surface area contributed by atoms with E-state index in [-0.39, 0.29) is 17.2 Å². The zero-order valence-electron chi connectivity index (χ0n) is 19.3. The van der Waals surface area contributed by atoms with Crippen LogP contribution in [0, 0.1) is 11.8 Å². The van der Waals surface area contributed by atoms with Gasteiger partial charge in [-0.2, -0.15) is 0 Å². The van der Waals surface area contributed by atoms with E-state index in [1.54, 1.807) is 7.11 Å². The number of alkyl halides is 1. The van der Waals surface area contributed by atoms with E-state index in [0.29, 0.717) is 18.4 Å². The van der Waals surface area contributed by atoms with Crippen LogP contribution in [0.15, 0.2) is 24.3 Å². The van der Waals surface area contributed by atoms with Crippen LogP contribution in [-0.2, 0) is 15.8 Å². The number of hydrogen-bond acceptors (Lipinski definition) is 3. The first kappa shape index (κ1) is 25.9. The van der Waals surface area contributed by atoms with E-state index in [1.165, 1.54) is 5.56 Å². The van der Waals surface area contributed by atoms with E-state index in [2.05, 4.69) is 89.4 Å². The van der Waals surface area contributed by atoms with Gasteiger partial charge in [-0.05, 0) is 61.0 Å². The lowest BCUT2D eigenvalue weighted by atomic mass is 9.93. The Morgan fingerprint density at radius 3 is 2.04 bits per heavy atom. The molecule has 4 atom stereocenters. The molecule has 28 heavy (non-hydrogen) atoms. The van der Waals surface area contributed by atoms with Gasteiger partial charge in [-0.3, -0.25) is 0 Å². The van der Waals surface area contributed by atoms with Crippen molar-refractivity contribution >= 4 is 30.9 Å². The zero-order valence-corrected chi connectivity index (χ0v) is 22.5. The highest BCUT2D eigenvalue weighted by Gasteiger charge is 2.39. The third kappa shape index (κ3) is 7.96. The molecule has 0 radical (unpaired) electrons. The highest BCUT2D eigenvalue weighted by molar-refractivity contribution is 14.1. The van der Waals surface area contributed by atoms with Crippen LogP contribution >= 0.6 is 22.6 Å². The van der Waals surface area contributed by atoms with E-state index in [4.69, 9.17) is 13.9 Å². The minimum Gasteiger partial charge on any atom is -0.497 e. The summed E-state index contributed by atoms with van der Waals surface area (Å²) in [6, 6.07) is 8.15. The van der Waals surface area contributed by atoms with Crippen molar-refractivity contribution in [2.75, 3.05) is 11.5 Å². The Morgan fingerprint density at radius 1 is 1.00 bits per heavy atom. The molecule has 0 saturated heterocycles. The largest absolute Gasteiger partial charge is 0.497 e. The van der Waals surface area contributed by atoms with Crippen molar-refractivity contribution in [2.24, 2.45) is 11.8 Å². The van der Waals surface area contributed by atoms with Crippen molar-refractivity contribution in [3.05, 3.63) is 29.8 Å². The molecule has 0 saturated carbocycles. The van der Waals surface area contributed by atoms with E-state index < -0.39 is 8.32 Å². The molecule has 0 aliphatic rings. The Hall–Kier alpha value is -0.113. The Morgan fingerprint density at radius 2 is 1.57 bits per heavy atom. The smallest absolute Gasteiger partial charge is 0.192 e. The number of hydrogen-bond donors (Lipinski definition) is 0. The normalized spacial score (nSPS) is 17.1. The number of halogens is 1. The second-order valence-electron chi connectivity index (χ2n) is 9.63. The van der Waals surface area contributed by atoms with Crippen molar-refractivity contribution in [2.45, 2.75) is 84.9 Å². The lowest BCUT2D eigenvalue weighted by molar-refractivity contribution is -0.0137. The molecule has 0 N–H and O–H groups in total. The summed E-state index contributed by atoms with van der Waals surface area (Å²) in [6.07, 6.45) is 1.50. The predicted molar refractivity (Wildman–Crippen MR) is 131 cm³/mol. The van der Waals surface area contributed by atoms with Crippen molar-refractivity contribution < 1.29 is 13.9 Å². The number of rotatable bonds is 11. The highest BCUT2D eigenvalue weighted by Crippen LogP contribution is 2.38. The molecule has 3 nitrogen and oxygen atoms in total. The predicted octanol–water partition coefficient (Wildman–Crippen LogP) is 7.09. The van der Waals surface area contributed by atoms with Gasteiger partial charge < -0.3 is 13.9 Å². The monoisotopic (exact) mass is 520 g/mol. The lowest BCUT2D eigenvalue weighted by Gasteiger charge is -2.40. The van der Waals surface area contributed by atoms with Crippen LogP contribution in [0.25, 0.3) is 0 Å². The van der Waals surface area contributed by atoms with Crippen molar-refractivity contribution in [3.63, 3.8) is 0 Å². The molecule has 0 unspecified atom stereocenters. The van der Waals surface area contributed by atoms with Crippen LogP contribution < -0.4 is 4.74 Å². The second-order valence-corrected chi connectivity index (χ2v) is 15.3. The quantitative estimate of drug-likeness (QED) is 0.177.